The van der Waals surface area contributed by atoms with E-state index in [2.05, 4.69) is 31.3 Å². The summed E-state index contributed by atoms with van der Waals surface area (Å²) in [5.41, 5.74) is 8.53. The second kappa shape index (κ2) is 12.6. The molecule has 0 unspecified atom stereocenters. The Hall–Kier alpha value is -3.77. The first-order valence-corrected chi connectivity index (χ1v) is 8.74. The van der Waals surface area contributed by atoms with Gasteiger partial charge in [-0.2, -0.15) is 15.3 Å². The zero-order valence-corrected chi connectivity index (χ0v) is 16.4. The van der Waals surface area contributed by atoms with E-state index in [1.807, 2.05) is 91.0 Å². The number of guanidine groups is 1. The van der Waals surface area contributed by atoms with Crippen LogP contribution in [0, 0.1) is 0 Å². The van der Waals surface area contributed by atoms with Crippen LogP contribution in [-0.2, 0) is 0 Å². The van der Waals surface area contributed by atoms with Crippen molar-refractivity contribution in [2.24, 2.45) is 20.4 Å². The van der Waals surface area contributed by atoms with Crippen molar-refractivity contribution < 1.29 is 0 Å². The Morgan fingerprint density at radius 1 is 0.552 bits per heavy atom. The number of halogens is 1. The van der Waals surface area contributed by atoms with Crippen LogP contribution in [0.25, 0.3) is 0 Å². The molecule has 3 aromatic rings. The molecule has 3 aromatic carbocycles. The monoisotopic (exact) mass is 404 g/mol. The van der Waals surface area contributed by atoms with Gasteiger partial charge in [-0.1, -0.05) is 91.0 Å². The predicted octanol–water partition coefficient (Wildman–Crippen LogP) is 4.05. The molecule has 0 radical (unpaired) electrons. The maximum Gasteiger partial charge on any atom is 0.257 e. The van der Waals surface area contributed by atoms with Gasteiger partial charge in [0.15, 0.2) is 0 Å². The van der Waals surface area contributed by atoms with Crippen molar-refractivity contribution in [1.82, 2.24) is 10.9 Å². The zero-order chi connectivity index (χ0) is 19.3. The molecular formula is C22H21ClN6. The van der Waals surface area contributed by atoms with E-state index in [1.165, 1.54) is 0 Å². The first-order chi connectivity index (χ1) is 13.9. The summed E-state index contributed by atoms with van der Waals surface area (Å²) in [7, 11) is 0. The number of rotatable bonds is 6. The van der Waals surface area contributed by atoms with Crippen molar-refractivity contribution in [3.63, 3.8) is 0 Å². The first-order valence-electron chi connectivity index (χ1n) is 8.74. The Bertz CT molecular complexity index is 901. The lowest BCUT2D eigenvalue weighted by molar-refractivity contribution is 0.890. The first kappa shape index (κ1) is 21.5. The predicted molar refractivity (Wildman–Crippen MR) is 123 cm³/mol. The molecule has 0 saturated carbocycles. The zero-order valence-electron chi connectivity index (χ0n) is 15.6. The third-order valence-corrected chi connectivity index (χ3v) is 3.53. The van der Waals surface area contributed by atoms with Crippen LogP contribution in [0.3, 0.4) is 0 Å². The van der Waals surface area contributed by atoms with Gasteiger partial charge in [-0.25, -0.2) is 10.9 Å². The smallest absolute Gasteiger partial charge is 0.244 e. The topological polar surface area (TPSA) is 73.5 Å². The molecule has 6 nitrogen and oxygen atoms in total. The minimum absolute atomic E-state index is 0. The number of hydrogen-bond acceptors (Lipinski definition) is 4. The molecule has 0 bridgehead atoms. The van der Waals surface area contributed by atoms with Crippen LogP contribution in [0.2, 0.25) is 0 Å². The van der Waals surface area contributed by atoms with Gasteiger partial charge in [0.2, 0.25) is 0 Å². The molecule has 3 rings (SSSR count). The number of hydrazone groups is 2. The molecule has 0 aliphatic carbocycles. The van der Waals surface area contributed by atoms with Crippen LogP contribution in [0.15, 0.2) is 111 Å². The summed E-state index contributed by atoms with van der Waals surface area (Å²) >= 11 is 0. The fourth-order valence-corrected chi connectivity index (χ4v) is 2.18. The normalized spacial score (nSPS) is 10.8. The molecule has 2 N–H and O–H groups in total. The number of nitrogens with zero attached hydrogens (tertiary/aromatic N) is 4. The summed E-state index contributed by atoms with van der Waals surface area (Å²) in [4.78, 5) is 0. The quantitative estimate of drug-likeness (QED) is 0.369. The van der Waals surface area contributed by atoms with Gasteiger partial charge in [0.25, 0.3) is 5.96 Å². The summed E-state index contributed by atoms with van der Waals surface area (Å²) in [6.45, 7) is 0. The third-order valence-electron chi connectivity index (χ3n) is 3.53. The van der Waals surface area contributed by atoms with Crippen molar-refractivity contribution in [3.05, 3.63) is 108 Å². The summed E-state index contributed by atoms with van der Waals surface area (Å²) in [5, 5.41) is 16.6. The van der Waals surface area contributed by atoms with E-state index in [1.54, 1.807) is 18.6 Å². The van der Waals surface area contributed by atoms with E-state index in [0.717, 1.165) is 16.7 Å². The standard InChI is InChI=1S/C22H20N6.ClH/c1-4-10-19(11-5-1)16-23-26-22(27-24-17-20-12-6-2-7-13-20)28-25-18-21-14-8-3-9-15-21;/h1-18H,(H2,26,27,28);1H. The third kappa shape index (κ3) is 8.19. The van der Waals surface area contributed by atoms with Crippen molar-refractivity contribution in [2.75, 3.05) is 0 Å². The second-order valence-corrected chi connectivity index (χ2v) is 5.67. The summed E-state index contributed by atoms with van der Waals surface area (Å²) in [6.07, 6.45) is 5.04. The molecule has 0 heterocycles. The van der Waals surface area contributed by atoms with Crippen molar-refractivity contribution in [1.29, 1.82) is 0 Å². The Labute approximate surface area is 176 Å². The highest BCUT2D eigenvalue weighted by molar-refractivity contribution is 5.86. The molecular weight excluding hydrogens is 384 g/mol. The average Bonchev–Trinajstić information content (AvgIpc) is 2.76. The molecule has 29 heavy (non-hydrogen) atoms. The van der Waals surface area contributed by atoms with E-state index in [-0.39, 0.29) is 12.4 Å². The highest BCUT2D eigenvalue weighted by Gasteiger charge is 1.94. The van der Waals surface area contributed by atoms with Crippen LogP contribution < -0.4 is 10.9 Å². The lowest BCUT2D eigenvalue weighted by atomic mass is 10.2. The van der Waals surface area contributed by atoms with Gasteiger partial charge in [-0.3, -0.25) is 0 Å². The fraction of sp³-hybridized carbons (Fsp3) is 0. The van der Waals surface area contributed by atoms with E-state index >= 15 is 0 Å². The molecule has 7 heteroatoms. The van der Waals surface area contributed by atoms with Gasteiger partial charge >= 0.3 is 0 Å². The van der Waals surface area contributed by atoms with E-state index in [9.17, 15) is 0 Å². The van der Waals surface area contributed by atoms with Crippen LogP contribution in [0.4, 0.5) is 0 Å². The number of benzene rings is 3. The minimum Gasteiger partial charge on any atom is -0.244 e. The van der Waals surface area contributed by atoms with E-state index in [0.29, 0.717) is 5.96 Å². The van der Waals surface area contributed by atoms with Crippen molar-refractivity contribution >= 4 is 37.0 Å². The largest absolute Gasteiger partial charge is 0.257 e. The van der Waals surface area contributed by atoms with Gasteiger partial charge in [0.05, 0.1) is 18.6 Å². The SMILES string of the molecule is C(=NN=C(NN=Cc1ccccc1)NN=Cc1ccccc1)c1ccccc1.Cl. The van der Waals surface area contributed by atoms with E-state index < -0.39 is 0 Å². The molecule has 0 aromatic heterocycles. The van der Waals surface area contributed by atoms with Crippen LogP contribution in [0.1, 0.15) is 16.7 Å². The summed E-state index contributed by atoms with van der Waals surface area (Å²) in [5.74, 6) is 0.298. The molecule has 0 saturated heterocycles. The second-order valence-electron chi connectivity index (χ2n) is 5.67. The summed E-state index contributed by atoms with van der Waals surface area (Å²) < 4.78 is 0. The maximum absolute atomic E-state index is 4.18. The number of hydrogen-bond donors (Lipinski definition) is 2. The lowest BCUT2D eigenvalue weighted by Crippen LogP contribution is -2.30. The maximum atomic E-state index is 4.18. The Morgan fingerprint density at radius 3 is 1.34 bits per heavy atom. The average molecular weight is 405 g/mol. The van der Waals surface area contributed by atoms with Crippen LogP contribution in [-0.4, -0.2) is 24.6 Å². The van der Waals surface area contributed by atoms with Gasteiger partial charge < -0.3 is 0 Å². The minimum atomic E-state index is 0. The highest BCUT2D eigenvalue weighted by Crippen LogP contribution is 1.95. The molecule has 0 atom stereocenters. The van der Waals surface area contributed by atoms with Gasteiger partial charge in [0.1, 0.15) is 0 Å². The van der Waals surface area contributed by atoms with Crippen molar-refractivity contribution in [2.45, 2.75) is 0 Å². The Kier molecular flexibility index (Phi) is 9.34. The summed E-state index contributed by atoms with van der Waals surface area (Å²) in [6, 6.07) is 29.2. The highest BCUT2D eigenvalue weighted by atomic mass is 35.5. The van der Waals surface area contributed by atoms with Gasteiger partial charge in [-0.05, 0) is 16.7 Å². The molecule has 0 fully saturated rings. The lowest BCUT2D eigenvalue weighted by Gasteiger charge is -2.02. The molecule has 0 amide bonds. The van der Waals surface area contributed by atoms with Gasteiger partial charge in [0, 0.05) is 0 Å². The molecule has 0 aliphatic rings. The van der Waals surface area contributed by atoms with Crippen LogP contribution >= 0.6 is 12.4 Å². The Morgan fingerprint density at radius 2 is 0.931 bits per heavy atom. The molecule has 0 aliphatic heterocycles. The fourth-order valence-electron chi connectivity index (χ4n) is 2.18. The van der Waals surface area contributed by atoms with E-state index in [4.69, 9.17) is 0 Å². The molecule has 146 valence electrons. The Balaban J connectivity index is 0.00000300. The molecule has 0 spiro atoms. The van der Waals surface area contributed by atoms with Crippen molar-refractivity contribution in [3.8, 4) is 0 Å². The number of nitrogens with one attached hydrogen (secondary N) is 2. The van der Waals surface area contributed by atoms with Gasteiger partial charge in [-0.15, -0.1) is 17.5 Å². The van der Waals surface area contributed by atoms with Crippen LogP contribution in [0.5, 0.6) is 0 Å².